The van der Waals surface area contributed by atoms with Crippen LogP contribution in [0, 0.1) is 0 Å². The van der Waals surface area contributed by atoms with Gasteiger partial charge in [-0.05, 0) is 55.0 Å². The normalized spacial score (nSPS) is 18.3. The number of rotatable bonds is 6. The summed E-state index contributed by atoms with van der Waals surface area (Å²) >= 11 is 1.58. The van der Waals surface area contributed by atoms with Crippen LogP contribution >= 0.6 is 11.3 Å². The molecule has 0 radical (unpaired) electrons. The number of hydrogen-bond donors (Lipinski definition) is 0. The average Bonchev–Trinajstić information content (AvgIpc) is 3.13. The number of benzene rings is 1. The van der Waals surface area contributed by atoms with Gasteiger partial charge in [-0.2, -0.15) is 4.31 Å². The van der Waals surface area contributed by atoms with E-state index < -0.39 is 10.0 Å². The molecule has 1 aromatic heterocycles. The third kappa shape index (κ3) is 3.36. The van der Waals surface area contributed by atoms with Crippen LogP contribution in [0.25, 0.3) is 0 Å². The van der Waals surface area contributed by atoms with Crippen molar-refractivity contribution < 1.29 is 13.2 Å². The maximum absolute atomic E-state index is 13.1. The predicted molar refractivity (Wildman–Crippen MR) is 98.1 cm³/mol. The Morgan fingerprint density at radius 1 is 1.16 bits per heavy atom. The van der Waals surface area contributed by atoms with Crippen molar-refractivity contribution in [3.63, 3.8) is 0 Å². The van der Waals surface area contributed by atoms with Gasteiger partial charge in [0.05, 0.1) is 4.90 Å². The first-order valence-corrected chi connectivity index (χ1v) is 10.8. The highest BCUT2D eigenvalue weighted by Gasteiger charge is 2.38. The van der Waals surface area contributed by atoms with E-state index in [-0.39, 0.29) is 11.9 Å². The van der Waals surface area contributed by atoms with Crippen molar-refractivity contribution in [1.29, 1.82) is 0 Å². The van der Waals surface area contributed by atoms with Crippen LogP contribution in [-0.2, 0) is 21.4 Å². The minimum Gasteiger partial charge on any atom is -0.312 e. The van der Waals surface area contributed by atoms with Crippen LogP contribution in [-0.4, -0.2) is 31.2 Å². The van der Waals surface area contributed by atoms with Crippen LogP contribution in [0.1, 0.15) is 30.6 Å². The van der Waals surface area contributed by atoms with Gasteiger partial charge in [0.25, 0.3) is 0 Å². The Bertz CT molecular complexity index is 856. The van der Waals surface area contributed by atoms with Gasteiger partial charge in [-0.1, -0.05) is 6.07 Å². The molecule has 1 aromatic carbocycles. The highest BCUT2D eigenvalue weighted by atomic mass is 32.2. The summed E-state index contributed by atoms with van der Waals surface area (Å²) in [6.07, 6.45) is 3.27. The first-order chi connectivity index (χ1) is 12.1. The molecule has 2 aromatic rings. The molecular weight excluding hydrogens is 356 g/mol. The summed E-state index contributed by atoms with van der Waals surface area (Å²) in [5, 5.41) is 1.97. The topological polar surface area (TPSA) is 57.7 Å². The molecule has 7 heteroatoms. The van der Waals surface area contributed by atoms with E-state index in [9.17, 15) is 13.2 Å². The SMILES string of the molecule is O=C1CCCN1c1ccc(S(=O)(=O)N(Cc2cccs2)C2CC2)cc1. The van der Waals surface area contributed by atoms with Crippen molar-refractivity contribution in [2.45, 2.75) is 43.2 Å². The van der Waals surface area contributed by atoms with E-state index in [1.807, 2.05) is 17.5 Å². The molecule has 2 aliphatic rings. The third-order valence-electron chi connectivity index (χ3n) is 4.67. The molecule has 2 heterocycles. The first-order valence-electron chi connectivity index (χ1n) is 8.50. The predicted octanol–water partition coefficient (Wildman–Crippen LogP) is 3.23. The quantitative estimate of drug-likeness (QED) is 0.778. The molecule has 0 bridgehead atoms. The number of thiophene rings is 1. The van der Waals surface area contributed by atoms with E-state index in [2.05, 4.69) is 0 Å². The molecule has 1 aliphatic carbocycles. The van der Waals surface area contributed by atoms with E-state index in [4.69, 9.17) is 0 Å². The molecule has 132 valence electrons. The fourth-order valence-electron chi connectivity index (χ4n) is 3.18. The summed E-state index contributed by atoms with van der Waals surface area (Å²) in [7, 11) is -3.53. The summed E-state index contributed by atoms with van der Waals surface area (Å²) < 4.78 is 27.8. The van der Waals surface area contributed by atoms with Crippen molar-refractivity contribution >= 4 is 33.0 Å². The Morgan fingerprint density at radius 2 is 1.92 bits per heavy atom. The minimum atomic E-state index is -3.53. The van der Waals surface area contributed by atoms with Gasteiger partial charge in [-0.3, -0.25) is 4.79 Å². The van der Waals surface area contributed by atoms with Crippen LogP contribution in [0.3, 0.4) is 0 Å². The molecule has 25 heavy (non-hydrogen) atoms. The van der Waals surface area contributed by atoms with Gasteiger partial charge < -0.3 is 4.90 Å². The van der Waals surface area contributed by atoms with Gasteiger partial charge in [-0.25, -0.2) is 8.42 Å². The second-order valence-electron chi connectivity index (χ2n) is 6.50. The van der Waals surface area contributed by atoms with Gasteiger partial charge in [0, 0.05) is 36.1 Å². The number of anilines is 1. The lowest BCUT2D eigenvalue weighted by molar-refractivity contribution is -0.117. The monoisotopic (exact) mass is 376 g/mol. The third-order valence-corrected chi connectivity index (χ3v) is 7.45. The lowest BCUT2D eigenvalue weighted by atomic mass is 10.3. The summed E-state index contributed by atoms with van der Waals surface area (Å²) in [6, 6.07) is 10.8. The Kier molecular flexibility index (Phi) is 4.39. The number of hydrogen-bond acceptors (Lipinski definition) is 4. The number of carbonyl (C=O) groups excluding carboxylic acids is 1. The smallest absolute Gasteiger partial charge is 0.243 e. The van der Waals surface area contributed by atoms with Crippen molar-refractivity contribution in [2.24, 2.45) is 0 Å². The Hall–Kier alpha value is -1.70. The zero-order valence-corrected chi connectivity index (χ0v) is 15.4. The van der Waals surface area contributed by atoms with Gasteiger partial charge in [0.15, 0.2) is 0 Å². The summed E-state index contributed by atoms with van der Waals surface area (Å²) in [5.74, 6) is 0.105. The average molecular weight is 377 g/mol. The molecule has 5 nitrogen and oxygen atoms in total. The molecule has 1 saturated carbocycles. The van der Waals surface area contributed by atoms with Crippen molar-refractivity contribution in [3.8, 4) is 0 Å². The van der Waals surface area contributed by atoms with Crippen LogP contribution < -0.4 is 4.90 Å². The minimum absolute atomic E-state index is 0.104. The van der Waals surface area contributed by atoms with Crippen LogP contribution in [0.4, 0.5) is 5.69 Å². The van der Waals surface area contributed by atoms with E-state index in [0.29, 0.717) is 24.4 Å². The number of carbonyl (C=O) groups is 1. The molecule has 0 spiro atoms. The zero-order chi connectivity index (χ0) is 17.4. The molecule has 1 amide bonds. The Balaban J connectivity index is 1.59. The number of nitrogens with zero attached hydrogens (tertiary/aromatic N) is 2. The van der Waals surface area contributed by atoms with Crippen LogP contribution in [0.15, 0.2) is 46.7 Å². The maximum Gasteiger partial charge on any atom is 0.243 e. The first kappa shape index (κ1) is 16.8. The molecule has 0 unspecified atom stereocenters. The van der Waals surface area contributed by atoms with Crippen molar-refractivity contribution in [3.05, 3.63) is 46.7 Å². The van der Waals surface area contributed by atoms with Gasteiger partial charge in [-0.15, -0.1) is 11.3 Å². The zero-order valence-electron chi connectivity index (χ0n) is 13.8. The molecule has 0 N–H and O–H groups in total. The molecule has 0 atom stereocenters. The highest BCUT2D eigenvalue weighted by molar-refractivity contribution is 7.89. The van der Waals surface area contributed by atoms with Gasteiger partial charge in [0.2, 0.25) is 15.9 Å². The second kappa shape index (κ2) is 6.55. The van der Waals surface area contributed by atoms with E-state index in [1.54, 1.807) is 44.8 Å². The molecule has 1 saturated heterocycles. The van der Waals surface area contributed by atoms with E-state index in [0.717, 1.165) is 29.8 Å². The van der Waals surface area contributed by atoms with Crippen molar-refractivity contribution in [2.75, 3.05) is 11.4 Å². The maximum atomic E-state index is 13.1. The largest absolute Gasteiger partial charge is 0.312 e. The van der Waals surface area contributed by atoms with Crippen LogP contribution in [0.2, 0.25) is 0 Å². The molecule has 1 aliphatic heterocycles. The summed E-state index contributed by atoms with van der Waals surface area (Å²) in [5.41, 5.74) is 0.776. The summed E-state index contributed by atoms with van der Waals surface area (Å²) in [4.78, 5) is 14.9. The fourth-order valence-corrected chi connectivity index (χ4v) is 5.63. The fraction of sp³-hybridized carbons (Fsp3) is 0.389. The number of sulfonamides is 1. The lowest BCUT2D eigenvalue weighted by Crippen LogP contribution is -2.32. The van der Waals surface area contributed by atoms with E-state index in [1.165, 1.54) is 0 Å². The standard InChI is InChI=1S/C18H20N2O3S2/c21-18-4-1-11-19(18)14-7-9-17(10-8-14)25(22,23)20(15-5-6-15)13-16-3-2-12-24-16/h2-3,7-10,12,15H,1,4-6,11,13H2. The summed E-state index contributed by atoms with van der Waals surface area (Å²) in [6.45, 7) is 1.13. The van der Waals surface area contributed by atoms with Crippen LogP contribution in [0.5, 0.6) is 0 Å². The van der Waals surface area contributed by atoms with Gasteiger partial charge in [0.1, 0.15) is 0 Å². The second-order valence-corrected chi connectivity index (χ2v) is 9.43. The lowest BCUT2D eigenvalue weighted by Gasteiger charge is -2.22. The van der Waals surface area contributed by atoms with E-state index >= 15 is 0 Å². The Morgan fingerprint density at radius 3 is 2.48 bits per heavy atom. The molecular formula is C18H20N2O3S2. The Labute approximate surface area is 151 Å². The number of amides is 1. The van der Waals surface area contributed by atoms with Crippen molar-refractivity contribution in [1.82, 2.24) is 4.31 Å². The molecule has 2 fully saturated rings. The highest BCUT2D eigenvalue weighted by Crippen LogP contribution is 2.34. The molecule has 4 rings (SSSR count). The van der Waals surface area contributed by atoms with Gasteiger partial charge >= 0.3 is 0 Å².